The Labute approximate surface area is 168 Å². The fourth-order valence-corrected chi connectivity index (χ4v) is 3.17. The lowest BCUT2D eigenvalue weighted by Gasteiger charge is -2.14. The second-order valence-corrected chi connectivity index (χ2v) is 6.90. The van der Waals surface area contributed by atoms with Gasteiger partial charge >= 0.3 is 0 Å². The highest BCUT2D eigenvalue weighted by Gasteiger charge is 2.13. The number of hydrogen-bond donors (Lipinski definition) is 1. The summed E-state index contributed by atoms with van der Waals surface area (Å²) in [4.78, 5) is 12.2. The highest BCUT2D eigenvalue weighted by molar-refractivity contribution is 9.10. The van der Waals surface area contributed by atoms with Crippen LogP contribution in [0.4, 0.5) is 0 Å². The molecular weight excluding hydrogens is 410 g/mol. The summed E-state index contributed by atoms with van der Waals surface area (Å²) in [5, 5.41) is 2.86. The van der Waals surface area contributed by atoms with E-state index in [0.29, 0.717) is 23.8 Å². The third-order valence-electron chi connectivity index (χ3n) is 4.22. The molecule has 0 aliphatic rings. The fourth-order valence-electron chi connectivity index (χ4n) is 2.58. The molecule has 5 nitrogen and oxygen atoms in total. The predicted octanol–water partition coefficient (Wildman–Crippen LogP) is 4.42. The minimum Gasteiger partial charge on any atom is -0.493 e. The SMILES string of the molecule is COc1cc(CNC(=O)/C=C/c2cc(C)c(C)cc2Br)cc(OC)c1OC. The van der Waals surface area contributed by atoms with Crippen molar-refractivity contribution >= 4 is 27.9 Å². The molecule has 0 aromatic heterocycles. The van der Waals surface area contributed by atoms with E-state index in [-0.39, 0.29) is 5.91 Å². The third-order valence-corrected chi connectivity index (χ3v) is 4.91. The van der Waals surface area contributed by atoms with Crippen molar-refractivity contribution in [2.75, 3.05) is 21.3 Å². The second kappa shape index (κ2) is 9.46. The van der Waals surface area contributed by atoms with E-state index in [1.807, 2.05) is 31.2 Å². The predicted molar refractivity (Wildman–Crippen MR) is 111 cm³/mol. The van der Waals surface area contributed by atoms with Crippen molar-refractivity contribution in [3.63, 3.8) is 0 Å². The summed E-state index contributed by atoms with van der Waals surface area (Å²) in [6, 6.07) is 7.71. The highest BCUT2D eigenvalue weighted by atomic mass is 79.9. The molecule has 0 bridgehead atoms. The van der Waals surface area contributed by atoms with Gasteiger partial charge in [-0.05, 0) is 60.4 Å². The van der Waals surface area contributed by atoms with Gasteiger partial charge in [0.25, 0.3) is 0 Å². The van der Waals surface area contributed by atoms with E-state index in [2.05, 4.69) is 28.2 Å². The van der Waals surface area contributed by atoms with Crippen molar-refractivity contribution in [3.05, 3.63) is 57.1 Å². The molecular formula is C21H24BrNO4. The van der Waals surface area contributed by atoms with Crippen molar-refractivity contribution in [1.82, 2.24) is 5.32 Å². The summed E-state index contributed by atoms with van der Waals surface area (Å²) in [6.07, 6.45) is 3.31. The number of carbonyl (C=O) groups is 1. The van der Waals surface area contributed by atoms with Crippen LogP contribution in [-0.2, 0) is 11.3 Å². The Balaban J connectivity index is 2.08. The molecule has 6 heteroatoms. The van der Waals surface area contributed by atoms with Gasteiger partial charge in [0.2, 0.25) is 11.7 Å². The largest absolute Gasteiger partial charge is 0.493 e. The van der Waals surface area contributed by atoms with Crippen molar-refractivity contribution in [2.24, 2.45) is 0 Å². The van der Waals surface area contributed by atoms with Gasteiger partial charge in [-0.2, -0.15) is 0 Å². The number of methoxy groups -OCH3 is 3. The minimum atomic E-state index is -0.186. The van der Waals surface area contributed by atoms with Crippen LogP contribution in [0, 0.1) is 13.8 Å². The fraction of sp³-hybridized carbons (Fsp3) is 0.286. The molecule has 0 saturated carbocycles. The number of benzene rings is 2. The van der Waals surface area contributed by atoms with Crippen molar-refractivity contribution in [1.29, 1.82) is 0 Å². The van der Waals surface area contributed by atoms with Crippen LogP contribution in [0.1, 0.15) is 22.3 Å². The molecule has 1 N–H and O–H groups in total. The Bertz CT molecular complexity index is 836. The van der Waals surface area contributed by atoms with Gasteiger partial charge in [0.1, 0.15) is 0 Å². The normalized spacial score (nSPS) is 10.7. The summed E-state index contributed by atoms with van der Waals surface area (Å²) >= 11 is 3.53. The summed E-state index contributed by atoms with van der Waals surface area (Å²) in [7, 11) is 4.67. The molecule has 2 aromatic rings. The maximum Gasteiger partial charge on any atom is 0.244 e. The smallest absolute Gasteiger partial charge is 0.244 e. The molecule has 144 valence electrons. The van der Waals surface area contributed by atoms with Crippen LogP contribution in [0.2, 0.25) is 0 Å². The average Bonchev–Trinajstić information content (AvgIpc) is 2.66. The third kappa shape index (κ3) is 5.26. The molecule has 0 aliphatic carbocycles. The Kier molecular flexibility index (Phi) is 7.30. The number of ether oxygens (including phenoxy) is 3. The molecule has 0 radical (unpaired) electrons. The van der Waals surface area contributed by atoms with E-state index >= 15 is 0 Å². The first kappa shape index (κ1) is 20.8. The Hall–Kier alpha value is -2.47. The number of carbonyl (C=O) groups excluding carboxylic acids is 1. The average molecular weight is 434 g/mol. The second-order valence-electron chi connectivity index (χ2n) is 6.04. The zero-order chi connectivity index (χ0) is 20.0. The Morgan fingerprint density at radius 1 is 1.00 bits per heavy atom. The molecule has 0 atom stereocenters. The first-order chi connectivity index (χ1) is 12.9. The van der Waals surface area contributed by atoms with E-state index in [0.717, 1.165) is 15.6 Å². The van der Waals surface area contributed by atoms with Crippen molar-refractivity contribution in [3.8, 4) is 17.2 Å². The van der Waals surface area contributed by atoms with Crippen LogP contribution in [0.25, 0.3) is 6.08 Å². The number of rotatable bonds is 7. The standard InChI is InChI=1S/C21H24BrNO4/c1-13-8-16(17(22)9-14(13)2)6-7-20(24)23-12-15-10-18(25-3)21(27-5)19(11-15)26-4/h6-11H,12H2,1-5H3,(H,23,24)/b7-6+. The molecule has 0 heterocycles. The number of halogens is 1. The number of nitrogens with one attached hydrogen (secondary N) is 1. The van der Waals surface area contributed by atoms with Crippen LogP contribution in [0.15, 0.2) is 34.8 Å². The van der Waals surface area contributed by atoms with E-state index in [1.54, 1.807) is 27.4 Å². The van der Waals surface area contributed by atoms with E-state index in [9.17, 15) is 4.79 Å². The van der Waals surface area contributed by atoms with Crippen molar-refractivity contribution < 1.29 is 19.0 Å². The summed E-state index contributed by atoms with van der Waals surface area (Å²) in [5.74, 6) is 1.44. The molecule has 0 fully saturated rings. The lowest BCUT2D eigenvalue weighted by molar-refractivity contribution is -0.116. The highest BCUT2D eigenvalue weighted by Crippen LogP contribution is 2.38. The molecule has 0 saturated heterocycles. The Morgan fingerprint density at radius 2 is 1.59 bits per heavy atom. The van der Waals surface area contributed by atoms with Gasteiger partial charge < -0.3 is 19.5 Å². The maximum absolute atomic E-state index is 12.2. The van der Waals surface area contributed by atoms with Gasteiger partial charge in [0, 0.05) is 17.1 Å². The lowest BCUT2D eigenvalue weighted by Crippen LogP contribution is -2.20. The van der Waals surface area contributed by atoms with Crippen LogP contribution in [0.3, 0.4) is 0 Å². The van der Waals surface area contributed by atoms with E-state index in [1.165, 1.54) is 17.2 Å². The molecule has 0 spiro atoms. The summed E-state index contributed by atoms with van der Waals surface area (Å²) in [5.41, 5.74) is 4.18. The molecule has 1 amide bonds. The monoisotopic (exact) mass is 433 g/mol. The van der Waals surface area contributed by atoms with Crippen LogP contribution in [-0.4, -0.2) is 27.2 Å². The topological polar surface area (TPSA) is 56.8 Å². The zero-order valence-electron chi connectivity index (χ0n) is 16.2. The van der Waals surface area contributed by atoms with Gasteiger partial charge in [-0.25, -0.2) is 0 Å². The maximum atomic E-state index is 12.2. The first-order valence-corrected chi connectivity index (χ1v) is 9.20. The first-order valence-electron chi connectivity index (χ1n) is 8.41. The van der Waals surface area contributed by atoms with Gasteiger partial charge in [-0.1, -0.05) is 22.0 Å². The zero-order valence-corrected chi connectivity index (χ0v) is 17.8. The molecule has 0 unspecified atom stereocenters. The summed E-state index contributed by atoms with van der Waals surface area (Å²) in [6.45, 7) is 4.44. The van der Waals surface area contributed by atoms with Gasteiger partial charge in [0.05, 0.1) is 21.3 Å². The quantitative estimate of drug-likeness (QED) is 0.656. The molecule has 0 aliphatic heterocycles. The van der Waals surface area contributed by atoms with E-state index < -0.39 is 0 Å². The molecule has 2 rings (SSSR count). The van der Waals surface area contributed by atoms with Gasteiger partial charge in [0.15, 0.2) is 11.5 Å². The molecule has 2 aromatic carbocycles. The van der Waals surface area contributed by atoms with Crippen molar-refractivity contribution in [2.45, 2.75) is 20.4 Å². The van der Waals surface area contributed by atoms with E-state index in [4.69, 9.17) is 14.2 Å². The van der Waals surface area contributed by atoms with Crippen LogP contribution in [0.5, 0.6) is 17.2 Å². The number of aryl methyl sites for hydroxylation is 2. The summed E-state index contributed by atoms with van der Waals surface area (Å²) < 4.78 is 16.9. The number of hydrogen-bond acceptors (Lipinski definition) is 4. The van der Waals surface area contributed by atoms with Gasteiger partial charge in [-0.3, -0.25) is 4.79 Å². The lowest BCUT2D eigenvalue weighted by atomic mass is 10.1. The van der Waals surface area contributed by atoms with Gasteiger partial charge in [-0.15, -0.1) is 0 Å². The van der Waals surface area contributed by atoms with Crippen LogP contribution >= 0.6 is 15.9 Å². The Morgan fingerprint density at radius 3 is 2.15 bits per heavy atom. The molecule has 27 heavy (non-hydrogen) atoms. The number of amides is 1. The minimum absolute atomic E-state index is 0.186. The van der Waals surface area contributed by atoms with Crippen LogP contribution < -0.4 is 19.5 Å².